The molecule has 4 atom stereocenters. The molecule has 0 bridgehead atoms. The number of aliphatic hydroxyl groups excluding tert-OH is 5. The SMILES string of the molecule is C=COCCNC(=O)C(O)C(O)C(O)C(O)CO. The molecule has 8 heteroatoms. The maximum Gasteiger partial charge on any atom is 0.251 e. The van der Waals surface area contributed by atoms with Gasteiger partial charge in [0.1, 0.15) is 24.9 Å². The fourth-order valence-corrected chi connectivity index (χ4v) is 1.10. The van der Waals surface area contributed by atoms with Gasteiger partial charge >= 0.3 is 0 Å². The van der Waals surface area contributed by atoms with E-state index in [9.17, 15) is 20.1 Å². The standard InChI is InChI=1S/C10H19NO7/c1-2-18-4-3-11-10(17)9(16)8(15)7(14)6(13)5-12/h2,6-9,12-16H,1,3-5H2,(H,11,17). The predicted octanol–water partition coefficient (Wildman–Crippen LogP) is -3.30. The largest absolute Gasteiger partial charge is 0.500 e. The predicted molar refractivity (Wildman–Crippen MR) is 60.3 cm³/mol. The fourth-order valence-electron chi connectivity index (χ4n) is 1.10. The number of aliphatic hydroxyl groups is 5. The third kappa shape index (κ3) is 5.43. The van der Waals surface area contributed by atoms with Crippen LogP contribution in [0.25, 0.3) is 0 Å². The molecular formula is C10H19NO7. The minimum Gasteiger partial charge on any atom is -0.500 e. The molecule has 0 aromatic rings. The minimum absolute atomic E-state index is 0.0767. The second-order valence-electron chi connectivity index (χ2n) is 3.50. The number of hydrogen-bond donors (Lipinski definition) is 6. The van der Waals surface area contributed by atoms with E-state index in [1.54, 1.807) is 0 Å². The summed E-state index contributed by atoms with van der Waals surface area (Å²) in [6.07, 6.45) is -6.14. The molecular weight excluding hydrogens is 246 g/mol. The molecule has 6 N–H and O–H groups in total. The zero-order valence-corrected chi connectivity index (χ0v) is 9.77. The van der Waals surface area contributed by atoms with Crippen LogP contribution >= 0.6 is 0 Å². The minimum atomic E-state index is -1.93. The second kappa shape index (κ2) is 8.84. The van der Waals surface area contributed by atoms with Crippen LogP contribution in [-0.2, 0) is 9.53 Å². The molecule has 0 heterocycles. The highest BCUT2D eigenvalue weighted by Gasteiger charge is 2.33. The van der Waals surface area contributed by atoms with Gasteiger partial charge in [0.25, 0.3) is 5.91 Å². The van der Waals surface area contributed by atoms with E-state index in [0.29, 0.717) is 0 Å². The highest BCUT2D eigenvalue weighted by Crippen LogP contribution is 2.05. The van der Waals surface area contributed by atoms with Gasteiger partial charge in [-0.3, -0.25) is 4.79 Å². The van der Waals surface area contributed by atoms with Gasteiger partial charge in [-0.05, 0) is 0 Å². The molecule has 0 aromatic heterocycles. The molecule has 0 aliphatic carbocycles. The van der Waals surface area contributed by atoms with Crippen LogP contribution < -0.4 is 5.32 Å². The van der Waals surface area contributed by atoms with Crippen LogP contribution in [-0.4, -0.2) is 75.6 Å². The Hall–Kier alpha value is -1.19. The van der Waals surface area contributed by atoms with Crippen molar-refractivity contribution in [3.8, 4) is 0 Å². The van der Waals surface area contributed by atoms with E-state index >= 15 is 0 Å². The second-order valence-corrected chi connectivity index (χ2v) is 3.50. The molecule has 0 aromatic carbocycles. The quantitative estimate of drug-likeness (QED) is 0.189. The molecule has 0 aliphatic heterocycles. The molecule has 4 unspecified atom stereocenters. The zero-order chi connectivity index (χ0) is 14.1. The van der Waals surface area contributed by atoms with E-state index in [1.807, 2.05) is 0 Å². The first-order valence-corrected chi connectivity index (χ1v) is 5.29. The number of rotatable bonds is 9. The lowest BCUT2D eigenvalue weighted by atomic mass is 10.0. The molecule has 106 valence electrons. The van der Waals surface area contributed by atoms with Crippen molar-refractivity contribution in [2.75, 3.05) is 19.8 Å². The zero-order valence-electron chi connectivity index (χ0n) is 9.77. The van der Waals surface area contributed by atoms with Gasteiger partial charge in [0.15, 0.2) is 6.10 Å². The Morgan fingerprint density at radius 3 is 2.39 bits per heavy atom. The van der Waals surface area contributed by atoms with Gasteiger partial charge < -0.3 is 35.6 Å². The lowest BCUT2D eigenvalue weighted by Gasteiger charge is -2.24. The molecule has 18 heavy (non-hydrogen) atoms. The number of ether oxygens (including phenoxy) is 1. The van der Waals surface area contributed by atoms with Crippen LogP contribution in [0.3, 0.4) is 0 Å². The molecule has 0 saturated heterocycles. The van der Waals surface area contributed by atoms with Crippen LogP contribution in [0.1, 0.15) is 0 Å². The van der Waals surface area contributed by atoms with Crippen LogP contribution in [0, 0.1) is 0 Å². The van der Waals surface area contributed by atoms with Crippen LogP contribution in [0.15, 0.2) is 12.8 Å². The summed E-state index contributed by atoms with van der Waals surface area (Å²) >= 11 is 0. The molecule has 0 spiro atoms. The number of carbonyl (C=O) groups excluding carboxylic acids is 1. The van der Waals surface area contributed by atoms with Crippen molar-refractivity contribution in [3.05, 3.63) is 12.8 Å². The summed E-state index contributed by atoms with van der Waals surface area (Å²) in [6, 6.07) is 0. The summed E-state index contributed by atoms with van der Waals surface area (Å²) in [7, 11) is 0. The van der Waals surface area contributed by atoms with Gasteiger partial charge in [-0.15, -0.1) is 0 Å². The fraction of sp³-hybridized carbons (Fsp3) is 0.700. The Morgan fingerprint density at radius 2 is 1.89 bits per heavy atom. The van der Waals surface area contributed by atoms with Crippen molar-refractivity contribution >= 4 is 5.91 Å². The highest BCUT2D eigenvalue weighted by molar-refractivity contribution is 5.81. The topological polar surface area (TPSA) is 139 Å². The highest BCUT2D eigenvalue weighted by atomic mass is 16.5. The van der Waals surface area contributed by atoms with Gasteiger partial charge in [-0.2, -0.15) is 0 Å². The molecule has 0 rings (SSSR count). The van der Waals surface area contributed by atoms with Crippen molar-refractivity contribution < 1.29 is 35.1 Å². The molecule has 8 nitrogen and oxygen atoms in total. The Morgan fingerprint density at radius 1 is 1.28 bits per heavy atom. The summed E-state index contributed by atoms with van der Waals surface area (Å²) in [5, 5.41) is 47.9. The number of hydrogen-bond acceptors (Lipinski definition) is 7. The smallest absolute Gasteiger partial charge is 0.251 e. The lowest BCUT2D eigenvalue weighted by Crippen LogP contribution is -2.51. The van der Waals surface area contributed by atoms with Crippen LogP contribution in [0.4, 0.5) is 0 Å². The van der Waals surface area contributed by atoms with E-state index in [0.717, 1.165) is 0 Å². The normalized spacial score (nSPS) is 17.4. The van der Waals surface area contributed by atoms with Crippen molar-refractivity contribution in [2.45, 2.75) is 24.4 Å². The first-order chi connectivity index (χ1) is 8.45. The van der Waals surface area contributed by atoms with Gasteiger partial charge in [0.05, 0.1) is 19.4 Å². The molecule has 0 radical (unpaired) electrons. The maximum absolute atomic E-state index is 11.3. The molecule has 0 fully saturated rings. The van der Waals surface area contributed by atoms with E-state index in [4.69, 9.17) is 14.9 Å². The van der Waals surface area contributed by atoms with E-state index in [2.05, 4.69) is 11.9 Å². The maximum atomic E-state index is 11.3. The summed E-state index contributed by atoms with van der Waals surface area (Å²) in [6.45, 7) is 2.69. The lowest BCUT2D eigenvalue weighted by molar-refractivity contribution is -0.149. The Balaban J connectivity index is 4.14. The summed E-state index contributed by atoms with van der Waals surface area (Å²) < 4.78 is 4.71. The third-order valence-corrected chi connectivity index (χ3v) is 2.16. The van der Waals surface area contributed by atoms with E-state index in [-0.39, 0.29) is 13.2 Å². The summed E-state index contributed by atoms with van der Waals surface area (Å²) in [5.41, 5.74) is 0. The van der Waals surface area contributed by atoms with Crippen LogP contribution in [0.2, 0.25) is 0 Å². The molecule has 1 amide bonds. The molecule has 0 aliphatic rings. The van der Waals surface area contributed by atoms with Crippen molar-refractivity contribution in [2.24, 2.45) is 0 Å². The third-order valence-electron chi connectivity index (χ3n) is 2.16. The van der Waals surface area contributed by atoms with E-state index in [1.165, 1.54) is 6.26 Å². The Bertz CT molecular complexity index is 261. The van der Waals surface area contributed by atoms with Gasteiger partial charge in [0, 0.05) is 0 Å². The Labute approximate surface area is 104 Å². The number of nitrogens with one attached hydrogen (secondary N) is 1. The Kier molecular flexibility index (Phi) is 8.25. The van der Waals surface area contributed by atoms with Gasteiger partial charge in [-0.1, -0.05) is 6.58 Å². The van der Waals surface area contributed by atoms with Crippen molar-refractivity contribution in [1.29, 1.82) is 0 Å². The number of carbonyl (C=O) groups is 1. The summed E-state index contributed by atoms with van der Waals surface area (Å²) in [5.74, 6) is -0.931. The first-order valence-electron chi connectivity index (χ1n) is 5.29. The van der Waals surface area contributed by atoms with Crippen molar-refractivity contribution in [1.82, 2.24) is 5.32 Å². The van der Waals surface area contributed by atoms with E-state index < -0.39 is 36.9 Å². The average molecular weight is 265 g/mol. The molecule has 0 saturated carbocycles. The average Bonchev–Trinajstić information content (AvgIpc) is 2.39. The van der Waals surface area contributed by atoms with Crippen molar-refractivity contribution in [3.63, 3.8) is 0 Å². The first kappa shape index (κ1) is 16.8. The van der Waals surface area contributed by atoms with Gasteiger partial charge in [0.2, 0.25) is 0 Å². The monoisotopic (exact) mass is 265 g/mol. The summed E-state index contributed by atoms with van der Waals surface area (Å²) in [4.78, 5) is 11.3. The van der Waals surface area contributed by atoms with Crippen LogP contribution in [0.5, 0.6) is 0 Å². The van der Waals surface area contributed by atoms with Gasteiger partial charge in [-0.25, -0.2) is 0 Å². The number of amides is 1.